The second kappa shape index (κ2) is 6.31. The summed E-state index contributed by atoms with van der Waals surface area (Å²) in [4.78, 5) is 0. The van der Waals surface area contributed by atoms with Gasteiger partial charge in [0.05, 0.1) is 11.1 Å². The number of nitrogens with zero attached hydrogens (tertiary/aromatic N) is 1. The standard InChI is InChI=1S/C9H3BF8N.K/c11-8(12,13)5-1-6(9(14,15)16)3-7(2-5)10(17,18)4-19;/h1-3H;/q-1;+1. The van der Waals surface area contributed by atoms with Crippen LogP contribution in [0.2, 0.25) is 0 Å². The topological polar surface area (TPSA) is 23.8 Å². The maximum Gasteiger partial charge on any atom is 1.00 e. The summed E-state index contributed by atoms with van der Waals surface area (Å²) in [6, 6.07) is -0.593. The molecule has 11 heteroatoms. The predicted octanol–water partition coefficient (Wildman–Crippen LogP) is 0.379. The second-order valence-corrected chi connectivity index (χ2v) is 3.63. The van der Waals surface area contributed by atoms with Crippen molar-refractivity contribution in [2.75, 3.05) is 0 Å². The van der Waals surface area contributed by atoms with Crippen LogP contribution in [-0.4, -0.2) is 6.70 Å². The van der Waals surface area contributed by atoms with E-state index in [4.69, 9.17) is 5.26 Å². The van der Waals surface area contributed by atoms with Crippen molar-refractivity contribution >= 4 is 12.2 Å². The quantitative estimate of drug-likeness (QED) is 0.541. The van der Waals surface area contributed by atoms with Gasteiger partial charge >= 0.3 is 70.4 Å². The molecule has 0 aliphatic carbocycles. The average molecular weight is 327 g/mol. The van der Waals surface area contributed by atoms with Crippen molar-refractivity contribution in [1.29, 1.82) is 5.26 Å². The Hall–Kier alpha value is -0.149. The molecule has 1 rings (SSSR count). The zero-order valence-electron chi connectivity index (χ0n) is 9.78. The Balaban J connectivity index is 0.00000361. The van der Waals surface area contributed by atoms with Gasteiger partial charge in [0.2, 0.25) is 0 Å². The summed E-state index contributed by atoms with van der Waals surface area (Å²) in [5, 5.41) is 8.10. The van der Waals surface area contributed by atoms with Crippen LogP contribution >= 0.6 is 0 Å². The minimum atomic E-state index is -5.22. The van der Waals surface area contributed by atoms with Crippen LogP contribution in [-0.2, 0) is 12.4 Å². The Labute approximate surface area is 150 Å². The number of rotatable bonds is 1. The van der Waals surface area contributed by atoms with E-state index in [1.54, 1.807) is 0 Å². The Morgan fingerprint density at radius 3 is 1.45 bits per heavy atom. The molecule has 0 unspecified atom stereocenters. The van der Waals surface area contributed by atoms with Gasteiger partial charge in [0.15, 0.2) is 0 Å². The van der Waals surface area contributed by atoms with Gasteiger partial charge in [-0.2, -0.15) is 26.3 Å². The molecule has 1 aromatic rings. The van der Waals surface area contributed by atoms with Gasteiger partial charge in [-0.15, -0.1) is 5.46 Å². The third-order valence-corrected chi connectivity index (χ3v) is 2.19. The monoisotopic (exact) mass is 327 g/mol. The minimum absolute atomic E-state index is 0. The third kappa shape index (κ3) is 4.70. The van der Waals surface area contributed by atoms with E-state index in [2.05, 4.69) is 0 Å². The van der Waals surface area contributed by atoms with Crippen LogP contribution in [0, 0.1) is 11.2 Å². The molecule has 0 aliphatic rings. The van der Waals surface area contributed by atoms with Gasteiger partial charge < -0.3 is 8.63 Å². The fourth-order valence-electron chi connectivity index (χ4n) is 1.26. The summed E-state index contributed by atoms with van der Waals surface area (Å²) in [5.74, 6) is 0.409. The molecule has 0 N–H and O–H groups in total. The summed E-state index contributed by atoms with van der Waals surface area (Å²) in [6.45, 7) is -5.13. The van der Waals surface area contributed by atoms with Crippen molar-refractivity contribution < 1.29 is 86.4 Å². The van der Waals surface area contributed by atoms with E-state index in [-0.39, 0.29) is 69.6 Å². The van der Waals surface area contributed by atoms with E-state index >= 15 is 0 Å². The fourth-order valence-corrected chi connectivity index (χ4v) is 1.26. The van der Waals surface area contributed by atoms with Crippen molar-refractivity contribution in [3.63, 3.8) is 0 Å². The van der Waals surface area contributed by atoms with Gasteiger partial charge in [-0.05, 0) is 6.07 Å². The van der Waals surface area contributed by atoms with Gasteiger partial charge in [-0.1, -0.05) is 18.1 Å². The van der Waals surface area contributed by atoms with Crippen LogP contribution in [0.5, 0.6) is 0 Å². The molecule has 20 heavy (non-hydrogen) atoms. The molecule has 104 valence electrons. The summed E-state index contributed by atoms with van der Waals surface area (Å²) < 4.78 is 100. The summed E-state index contributed by atoms with van der Waals surface area (Å²) >= 11 is 0. The SMILES string of the molecule is N#C[B-](F)(F)c1cc(C(F)(F)F)cc(C(F)(F)F)c1.[K+]. The Morgan fingerprint density at radius 1 is 0.850 bits per heavy atom. The zero-order valence-corrected chi connectivity index (χ0v) is 12.9. The number of hydrogen-bond donors (Lipinski definition) is 0. The first-order chi connectivity index (χ1) is 8.38. The molecule has 0 bridgehead atoms. The molecule has 0 radical (unpaired) electrons. The van der Waals surface area contributed by atoms with Gasteiger partial charge in [-0.3, -0.25) is 0 Å². The molecule has 0 fully saturated rings. The van der Waals surface area contributed by atoms with Crippen LogP contribution in [0.15, 0.2) is 18.2 Å². The number of alkyl halides is 6. The van der Waals surface area contributed by atoms with E-state index in [0.29, 0.717) is 5.97 Å². The molecular weight excluding hydrogens is 324 g/mol. The summed E-state index contributed by atoms with van der Waals surface area (Å²) in [5.41, 5.74) is -5.35. The van der Waals surface area contributed by atoms with Gasteiger partial charge in [0.25, 0.3) is 0 Å². The van der Waals surface area contributed by atoms with Gasteiger partial charge in [0.1, 0.15) is 0 Å². The number of nitriles is 1. The Bertz CT molecular complexity index is 498. The first kappa shape index (κ1) is 19.9. The molecule has 0 spiro atoms. The molecule has 0 saturated carbocycles. The third-order valence-electron chi connectivity index (χ3n) is 2.19. The van der Waals surface area contributed by atoms with Crippen LogP contribution in [0.4, 0.5) is 35.0 Å². The van der Waals surface area contributed by atoms with Crippen molar-refractivity contribution in [2.24, 2.45) is 0 Å². The second-order valence-electron chi connectivity index (χ2n) is 3.63. The van der Waals surface area contributed by atoms with Crippen molar-refractivity contribution in [2.45, 2.75) is 12.4 Å². The molecule has 0 atom stereocenters. The van der Waals surface area contributed by atoms with E-state index in [1.165, 1.54) is 0 Å². The maximum absolute atomic E-state index is 13.0. The number of benzene rings is 1. The molecule has 1 aromatic carbocycles. The molecule has 0 aromatic heterocycles. The Kier molecular flexibility index (Phi) is 6.26. The molecule has 0 saturated heterocycles. The molecule has 0 heterocycles. The van der Waals surface area contributed by atoms with Gasteiger partial charge in [0, 0.05) is 0 Å². The molecule has 0 amide bonds. The van der Waals surface area contributed by atoms with Crippen molar-refractivity contribution in [3.05, 3.63) is 29.3 Å². The average Bonchev–Trinajstić information content (AvgIpc) is 2.26. The number of halogens is 8. The van der Waals surface area contributed by atoms with Gasteiger partial charge in [-0.25, -0.2) is 5.26 Å². The summed E-state index contributed by atoms with van der Waals surface area (Å²) in [7, 11) is 0. The van der Waals surface area contributed by atoms with Crippen LogP contribution in [0.3, 0.4) is 0 Å². The van der Waals surface area contributed by atoms with E-state index in [1.807, 2.05) is 0 Å². The van der Waals surface area contributed by atoms with Crippen LogP contribution in [0.25, 0.3) is 0 Å². The van der Waals surface area contributed by atoms with Crippen LogP contribution in [0.1, 0.15) is 11.1 Å². The number of hydrogen-bond acceptors (Lipinski definition) is 1. The molecule has 1 nitrogen and oxygen atoms in total. The molecular formula is C9H3BF8KN. The van der Waals surface area contributed by atoms with Crippen molar-refractivity contribution in [1.82, 2.24) is 0 Å². The normalized spacial score (nSPS) is 12.6. The smallest absolute Gasteiger partial charge is 0.461 e. The largest absolute Gasteiger partial charge is 1.00 e. The molecule has 0 aliphatic heterocycles. The van der Waals surface area contributed by atoms with E-state index < -0.39 is 35.6 Å². The zero-order chi connectivity index (χ0) is 15.1. The predicted molar refractivity (Wildman–Crippen MR) is 49.7 cm³/mol. The first-order valence-electron chi connectivity index (χ1n) is 4.60. The summed E-state index contributed by atoms with van der Waals surface area (Å²) in [6.07, 6.45) is -10.4. The Morgan fingerprint density at radius 2 is 1.20 bits per heavy atom. The minimum Gasteiger partial charge on any atom is -0.461 e. The van der Waals surface area contributed by atoms with Crippen LogP contribution < -0.4 is 56.8 Å². The van der Waals surface area contributed by atoms with Crippen molar-refractivity contribution in [3.8, 4) is 5.97 Å². The van der Waals surface area contributed by atoms with E-state index in [0.717, 1.165) is 0 Å². The first-order valence-corrected chi connectivity index (χ1v) is 4.60. The van der Waals surface area contributed by atoms with E-state index in [9.17, 15) is 35.0 Å². The maximum atomic E-state index is 13.0. The fraction of sp³-hybridized carbons (Fsp3) is 0.222.